The molecule has 0 bridgehead atoms. The standard InChI is InChI=1S/C24H26N2O5S/c27-24(25-12-15-31-23-7-3-5-20-4-1-2-6-22(20)23)21-10-8-19(9-11-21)18-32(28,29)26-13-16-30-17-14-26/h1-11H,12-18H2,(H,25,27). The first-order chi connectivity index (χ1) is 15.5. The Labute approximate surface area is 188 Å². The second kappa shape index (κ2) is 10.1. The molecule has 4 rings (SSSR count). The van der Waals surface area contributed by atoms with Gasteiger partial charge in [-0.05, 0) is 29.1 Å². The number of hydrogen-bond donors (Lipinski definition) is 1. The van der Waals surface area contributed by atoms with Crippen LogP contribution in [0.15, 0.2) is 66.7 Å². The number of nitrogens with one attached hydrogen (secondary N) is 1. The Morgan fingerprint density at radius 2 is 1.69 bits per heavy atom. The lowest BCUT2D eigenvalue weighted by atomic mass is 10.1. The zero-order valence-corrected chi connectivity index (χ0v) is 18.5. The van der Waals surface area contributed by atoms with Crippen LogP contribution < -0.4 is 10.1 Å². The summed E-state index contributed by atoms with van der Waals surface area (Å²) < 4.78 is 37.6. The number of amides is 1. The maximum atomic E-state index is 12.5. The van der Waals surface area contributed by atoms with E-state index in [1.807, 2.05) is 42.5 Å². The van der Waals surface area contributed by atoms with Crippen LogP contribution in [-0.2, 0) is 20.5 Å². The van der Waals surface area contributed by atoms with Crippen molar-refractivity contribution in [3.8, 4) is 5.75 Å². The van der Waals surface area contributed by atoms with Crippen LogP contribution in [0, 0.1) is 0 Å². The van der Waals surface area contributed by atoms with E-state index in [0.29, 0.717) is 50.6 Å². The van der Waals surface area contributed by atoms with Crippen LogP contribution >= 0.6 is 0 Å². The quantitative estimate of drug-likeness (QED) is 0.529. The summed E-state index contributed by atoms with van der Waals surface area (Å²) in [6.07, 6.45) is 0. The van der Waals surface area contributed by atoms with Gasteiger partial charge in [0, 0.05) is 24.0 Å². The molecule has 1 heterocycles. The molecule has 3 aromatic rings. The van der Waals surface area contributed by atoms with E-state index in [2.05, 4.69) is 5.32 Å². The molecule has 3 aromatic carbocycles. The summed E-state index contributed by atoms with van der Waals surface area (Å²) in [4.78, 5) is 12.4. The van der Waals surface area contributed by atoms with Crippen LogP contribution in [0.1, 0.15) is 15.9 Å². The Morgan fingerprint density at radius 1 is 0.969 bits per heavy atom. The first-order valence-electron chi connectivity index (χ1n) is 10.6. The summed E-state index contributed by atoms with van der Waals surface area (Å²) in [6, 6.07) is 20.5. The average Bonchev–Trinajstić information content (AvgIpc) is 2.82. The molecule has 1 saturated heterocycles. The minimum Gasteiger partial charge on any atom is -0.491 e. The SMILES string of the molecule is O=C(NCCOc1cccc2ccccc12)c1ccc(CS(=O)(=O)N2CCOCC2)cc1. The van der Waals surface area contributed by atoms with Crippen LogP contribution in [0.2, 0.25) is 0 Å². The number of carbonyl (C=O) groups is 1. The summed E-state index contributed by atoms with van der Waals surface area (Å²) in [7, 11) is -3.39. The predicted octanol–water partition coefficient (Wildman–Crippen LogP) is 2.81. The number of carbonyl (C=O) groups excluding carboxylic acids is 1. The van der Waals surface area contributed by atoms with E-state index in [1.54, 1.807) is 24.3 Å². The molecule has 1 aliphatic rings. The Hall–Kier alpha value is -2.94. The third-order valence-corrected chi connectivity index (χ3v) is 7.17. The molecule has 32 heavy (non-hydrogen) atoms. The highest BCUT2D eigenvalue weighted by atomic mass is 32.2. The highest BCUT2D eigenvalue weighted by Crippen LogP contribution is 2.24. The zero-order chi connectivity index (χ0) is 22.4. The molecule has 1 fully saturated rings. The second-order valence-corrected chi connectivity index (χ2v) is 9.52. The molecular weight excluding hydrogens is 428 g/mol. The molecule has 1 aliphatic heterocycles. The van der Waals surface area contributed by atoms with Crippen LogP contribution in [0.3, 0.4) is 0 Å². The van der Waals surface area contributed by atoms with Crippen LogP contribution in [0.4, 0.5) is 0 Å². The first-order valence-corrected chi connectivity index (χ1v) is 12.2. The average molecular weight is 455 g/mol. The van der Waals surface area contributed by atoms with Gasteiger partial charge in [-0.15, -0.1) is 0 Å². The third-order valence-electron chi connectivity index (χ3n) is 5.32. The molecule has 7 nitrogen and oxygen atoms in total. The Kier molecular flexibility index (Phi) is 7.04. The number of sulfonamides is 1. The van der Waals surface area contributed by atoms with E-state index in [0.717, 1.165) is 16.5 Å². The minimum atomic E-state index is -3.39. The van der Waals surface area contributed by atoms with E-state index >= 15 is 0 Å². The van der Waals surface area contributed by atoms with E-state index in [4.69, 9.17) is 9.47 Å². The number of morpholine rings is 1. The lowest BCUT2D eigenvalue weighted by Crippen LogP contribution is -2.41. The smallest absolute Gasteiger partial charge is 0.251 e. The number of benzene rings is 3. The van der Waals surface area contributed by atoms with Gasteiger partial charge in [0.1, 0.15) is 12.4 Å². The lowest BCUT2D eigenvalue weighted by molar-refractivity contribution is 0.0729. The van der Waals surface area contributed by atoms with Crippen molar-refractivity contribution in [3.63, 3.8) is 0 Å². The van der Waals surface area contributed by atoms with E-state index in [9.17, 15) is 13.2 Å². The van der Waals surface area contributed by atoms with E-state index < -0.39 is 10.0 Å². The Morgan fingerprint density at radius 3 is 2.47 bits per heavy atom. The molecule has 0 atom stereocenters. The van der Waals surface area contributed by atoms with Crippen LogP contribution in [0.25, 0.3) is 10.8 Å². The summed E-state index contributed by atoms with van der Waals surface area (Å²) in [5.41, 5.74) is 1.12. The molecular formula is C24H26N2O5S. The largest absolute Gasteiger partial charge is 0.491 e. The van der Waals surface area contributed by atoms with Crippen LogP contribution in [0.5, 0.6) is 5.75 Å². The molecule has 168 valence electrons. The van der Waals surface area contributed by atoms with Crippen molar-refractivity contribution in [1.82, 2.24) is 9.62 Å². The molecule has 1 N–H and O–H groups in total. The van der Waals surface area contributed by atoms with Gasteiger partial charge in [0.05, 0.1) is 25.5 Å². The third kappa shape index (κ3) is 5.45. The number of ether oxygens (including phenoxy) is 2. The number of fused-ring (bicyclic) bond motifs is 1. The Balaban J connectivity index is 1.27. The van der Waals surface area contributed by atoms with Gasteiger partial charge < -0.3 is 14.8 Å². The van der Waals surface area contributed by atoms with Crippen molar-refractivity contribution < 1.29 is 22.7 Å². The maximum absolute atomic E-state index is 12.5. The topological polar surface area (TPSA) is 84.9 Å². The molecule has 0 aromatic heterocycles. The van der Waals surface area contributed by atoms with E-state index in [-0.39, 0.29) is 11.7 Å². The fourth-order valence-electron chi connectivity index (χ4n) is 3.63. The van der Waals surface area contributed by atoms with Gasteiger partial charge in [-0.25, -0.2) is 8.42 Å². The second-order valence-electron chi connectivity index (χ2n) is 7.55. The Bertz CT molecular complexity index is 1170. The number of hydrogen-bond acceptors (Lipinski definition) is 5. The van der Waals surface area contributed by atoms with E-state index in [1.165, 1.54) is 4.31 Å². The molecule has 0 aliphatic carbocycles. The van der Waals surface area contributed by atoms with Crippen molar-refractivity contribution in [1.29, 1.82) is 0 Å². The highest BCUT2D eigenvalue weighted by molar-refractivity contribution is 7.88. The van der Waals surface area contributed by atoms with Gasteiger partial charge in [0.2, 0.25) is 10.0 Å². The summed E-state index contributed by atoms with van der Waals surface area (Å²) in [5, 5.41) is 4.97. The minimum absolute atomic E-state index is 0.0895. The summed E-state index contributed by atoms with van der Waals surface area (Å²) >= 11 is 0. The molecule has 1 amide bonds. The van der Waals surface area contributed by atoms with Gasteiger partial charge in [0.25, 0.3) is 5.91 Å². The van der Waals surface area contributed by atoms with Gasteiger partial charge in [-0.3, -0.25) is 4.79 Å². The van der Waals surface area contributed by atoms with Gasteiger partial charge >= 0.3 is 0 Å². The molecule has 0 spiro atoms. The van der Waals surface area contributed by atoms with Gasteiger partial charge in [0.15, 0.2) is 0 Å². The lowest BCUT2D eigenvalue weighted by Gasteiger charge is -2.26. The zero-order valence-electron chi connectivity index (χ0n) is 17.7. The number of rotatable bonds is 8. The molecule has 8 heteroatoms. The first kappa shape index (κ1) is 22.3. The number of nitrogens with zero attached hydrogens (tertiary/aromatic N) is 1. The van der Waals surface area contributed by atoms with Crippen molar-refractivity contribution in [3.05, 3.63) is 77.9 Å². The summed E-state index contributed by atoms with van der Waals surface area (Å²) in [6.45, 7) is 2.29. The highest BCUT2D eigenvalue weighted by Gasteiger charge is 2.24. The van der Waals surface area contributed by atoms with Crippen molar-refractivity contribution in [2.75, 3.05) is 39.5 Å². The van der Waals surface area contributed by atoms with Gasteiger partial charge in [-0.1, -0.05) is 48.5 Å². The van der Waals surface area contributed by atoms with Crippen molar-refractivity contribution in [2.24, 2.45) is 0 Å². The van der Waals surface area contributed by atoms with Crippen molar-refractivity contribution >= 4 is 26.7 Å². The molecule has 0 radical (unpaired) electrons. The molecule has 0 saturated carbocycles. The maximum Gasteiger partial charge on any atom is 0.251 e. The fourth-order valence-corrected chi connectivity index (χ4v) is 5.13. The van der Waals surface area contributed by atoms with Gasteiger partial charge in [-0.2, -0.15) is 4.31 Å². The summed E-state index contributed by atoms with van der Waals surface area (Å²) in [5.74, 6) is 0.464. The van der Waals surface area contributed by atoms with Crippen molar-refractivity contribution in [2.45, 2.75) is 5.75 Å². The molecule has 0 unspecified atom stereocenters. The fraction of sp³-hybridized carbons (Fsp3) is 0.292. The predicted molar refractivity (Wildman–Crippen MR) is 123 cm³/mol. The monoisotopic (exact) mass is 454 g/mol. The van der Waals surface area contributed by atoms with Crippen LogP contribution in [-0.4, -0.2) is 58.1 Å². The normalized spacial score (nSPS) is 14.9.